The van der Waals surface area contributed by atoms with Gasteiger partial charge in [-0.15, -0.1) is 0 Å². The summed E-state index contributed by atoms with van der Waals surface area (Å²) in [5, 5.41) is 8.94. The molecule has 20 heavy (non-hydrogen) atoms. The molecule has 1 aromatic rings. The summed E-state index contributed by atoms with van der Waals surface area (Å²) in [5.74, 6) is -1.75. The highest BCUT2D eigenvalue weighted by Gasteiger charge is 2.28. The first-order valence-electron chi connectivity index (χ1n) is 5.78. The van der Waals surface area contributed by atoms with Gasteiger partial charge in [0, 0.05) is 5.56 Å². The summed E-state index contributed by atoms with van der Waals surface area (Å²) < 4.78 is 50.7. The van der Waals surface area contributed by atoms with Gasteiger partial charge >= 0.3 is 5.97 Å². The van der Waals surface area contributed by atoms with Gasteiger partial charge in [-0.2, -0.15) is 4.72 Å². The third kappa shape index (κ3) is 3.97. The normalized spacial score (nSPS) is 13.7. The molecular formula is C12H15F2NO4S. The molecule has 1 unspecified atom stereocenters. The molecule has 0 amide bonds. The first kappa shape index (κ1) is 16.5. The Kier molecular flexibility index (Phi) is 5.18. The van der Waals surface area contributed by atoms with E-state index in [9.17, 15) is 22.0 Å². The lowest BCUT2D eigenvalue weighted by molar-refractivity contribution is -0.140. The number of rotatable bonds is 6. The number of halogens is 2. The Morgan fingerprint density at radius 1 is 1.20 bits per heavy atom. The molecule has 0 spiro atoms. The van der Waals surface area contributed by atoms with Gasteiger partial charge in [0.1, 0.15) is 6.04 Å². The Morgan fingerprint density at radius 3 is 2.05 bits per heavy atom. The standard InChI is InChI=1S/C12H15F2NO4S/c1-7(2)10(12(16)17)15-20(18,19)9-5-3-8(4-6-9)11(13)14/h3-7,10-11,15H,1-2H3,(H,16,17). The van der Waals surface area contributed by atoms with Crippen LogP contribution in [0.5, 0.6) is 0 Å². The summed E-state index contributed by atoms with van der Waals surface area (Å²) in [6.45, 7) is 3.11. The van der Waals surface area contributed by atoms with Crippen molar-refractivity contribution in [2.24, 2.45) is 5.92 Å². The fraction of sp³-hybridized carbons (Fsp3) is 0.417. The SMILES string of the molecule is CC(C)C(NS(=O)(=O)c1ccc(C(F)F)cc1)C(=O)O. The van der Waals surface area contributed by atoms with E-state index in [-0.39, 0.29) is 10.5 Å². The van der Waals surface area contributed by atoms with Gasteiger partial charge in [0.25, 0.3) is 6.43 Å². The van der Waals surface area contributed by atoms with Crippen LogP contribution in [0.4, 0.5) is 8.78 Å². The molecule has 1 atom stereocenters. The maximum atomic E-state index is 12.4. The average molecular weight is 307 g/mol. The molecule has 0 aliphatic heterocycles. The van der Waals surface area contributed by atoms with Crippen molar-refractivity contribution < 1.29 is 27.1 Å². The lowest BCUT2D eigenvalue weighted by Gasteiger charge is -2.18. The lowest BCUT2D eigenvalue weighted by atomic mass is 10.1. The molecule has 0 saturated carbocycles. The Balaban J connectivity index is 3.01. The first-order chi connectivity index (χ1) is 9.15. The highest BCUT2D eigenvalue weighted by Crippen LogP contribution is 2.20. The predicted octanol–water partition coefficient (Wildman–Crippen LogP) is 2.01. The molecule has 0 bridgehead atoms. The van der Waals surface area contributed by atoms with Gasteiger partial charge in [0.15, 0.2) is 0 Å². The number of carbonyl (C=O) groups is 1. The number of sulfonamides is 1. The molecule has 0 aliphatic rings. The number of aliphatic carboxylic acids is 1. The zero-order valence-electron chi connectivity index (χ0n) is 10.9. The van der Waals surface area contributed by atoms with Crippen molar-refractivity contribution in [2.45, 2.75) is 31.2 Å². The van der Waals surface area contributed by atoms with Gasteiger partial charge in [0.2, 0.25) is 10.0 Å². The van der Waals surface area contributed by atoms with E-state index in [0.29, 0.717) is 0 Å². The molecular weight excluding hydrogens is 292 g/mol. The number of carboxylic acid groups (broad SMARTS) is 1. The zero-order valence-corrected chi connectivity index (χ0v) is 11.7. The summed E-state index contributed by atoms with van der Waals surface area (Å²) >= 11 is 0. The minimum atomic E-state index is -4.07. The molecule has 112 valence electrons. The molecule has 2 N–H and O–H groups in total. The number of hydrogen-bond donors (Lipinski definition) is 2. The third-order valence-electron chi connectivity index (χ3n) is 2.66. The van der Waals surface area contributed by atoms with Gasteiger partial charge in [-0.3, -0.25) is 4.79 Å². The largest absolute Gasteiger partial charge is 0.480 e. The maximum absolute atomic E-state index is 12.4. The number of carboxylic acids is 1. The number of hydrogen-bond acceptors (Lipinski definition) is 3. The van der Waals surface area contributed by atoms with Crippen molar-refractivity contribution in [3.8, 4) is 0 Å². The van der Waals surface area contributed by atoms with Crippen molar-refractivity contribution >= 4 is 16.0 Å². The summed E-state index contributed by atoms with van der Waals surface area (Å²) in [6.07, 6.45) is -2.69. The highest BCUT2D eigenvalue weighted by atomic mass is 32.2. The molecule has 0 heterocycles. The molecule has 5 nitrogen and oxygen atoms in total. The van der Waals surface area contributed by atoms with Crippen molar-refractivity contribution in [3.05, 3.63) is 29.8 Å². The van der Waals surface area contributed by atoms with Crippen LogP contribution in [0.15, 0.2) is 29.2 Å². The molecule has 0 fully saturated rings. The van der Waals surface area contributed by atoms with Crippen molar-refractivity contribution in [1.29, 1.82) is 0 Å². The molecule has 1 aromatic carbocycles. The number of benzene rings is 1. The summed E-state index contributed by atoms with van der Waals surface area (Å²) in [7, 11) is -4.07. The Hall–Kier alpha value is -1.54. The second kappa shape index (κ2) is 6.27. The second-order valence-electron chi connectivity index (χ2n) is 4.55. The highest BCUT2D eigenvalue weighted by molar-refractivity contribution is 7.89. The van der Waals surface area contributed by atoms with Crippen LogP contribution in [-0.2, 0) is 14.8 Å². The van der Waals surface area contributed by atoms with Crippen LogP contribution in [0.1, 0.15) is 25.8 Å². The van der Waals surface area contributed by atoms with E-state index in [1.54, 1.807) is 13.8 Å². The van der Waals surface area contributed by atoms with Gasteiger partial charge in [-0.25, -0.2) is 17.2 Å². The molecule has 1 rings (SSSR count). The number of nitrogens with one attached hydrogen (secondary N) is 1. The van der Waals surface area contributed by atoms with E-state index in [0.717, 1.165) is 24.3 Å². The average Bonchev–Trinajstić information content (AvgIpc) is 2.35. The van der Waals surface area contributed by atoms with Gasteiger partial charge < -0.3 is 5.11 Å². The van der Waals surface area contributed by atoms with Crippen LogP contribution in [0.25, 0.3) is 0 Å². The smallest absolute Gasteiger partial charge is 0.322 e. The van der Waals surface area contributed by atoms with Crippen molar-refractivity contribution in [1.82, 2.24) is 4.72 Å². The molecule has 0 saturated heterocycles. The third-order valence-corrected chi connectivity index (χ3v) is 4.11. The fourth-order valence-corrected chi connectivity index (χ4v) is 2.84. The predicted molar refractivity (Wildman–Crippen MR) is 68.0 cm³/mol. The fourth-order valence-electron chi connectivity index (χ4n) is 1.50. The molecule has 0 radical (unpaired) electrons. The maximum Gasteiger partial charge on any atom is 0.322 e. The van der Waals surface area contributed by atoms with E-state index in [1.807, 2.05) is 4.72 Å². The van der Waals surface area contributed by atoms with E-state index < -0.39 is 34.4 Å². The van der Waals surface area contributed by atoms with Crippen LogP contribution in [-0.4, -0.2) is 25.5 Å². The van der Waals surface area contributed by atoms with Gasteiger partial charge in [-0.1, -0.05) is 26.0 Å². The monoisotopic (exact) mass is 307 g/mol. The van der Waals surface area contributed by atoms with Crippen LogP contribution >= 0.6 is 0 Å². The summed E-state index contributed by atoms with van der Waals surface area (Å²) in [5.41, 5.74) is -0.303. The minimum Gasteiger partial charge on any atom is -0.480 e. The van der Waals surface area contributed by atoms with Gasteiger partial charge in [-0.05, 0) is 18.1 Å². The Bertz CT molecular complexity index is 570. The minimum absolute atomic E-state index is 0.256. The van der Waals surface area contributed by atoms with Crippen molar-refractivity contribution in [3.63, 3.8) is 0 Å². The van der Waals surface area contributed by atoms with Crippen LogP contribution in [0.2, 0.25) is 0 Å². The molecule has 0 aromatic heterocycles. The van der Waals surface area contributed by atoms with Crippen LogP contribution in [0.3, 0.4) is 0 Å². The van der Waals surface area contributed by atoms with E-state index in [4.69, 9.17) is 5.11 Å². The van der Waals surface area contributed by atoms with Crippen LogP contribution < -0.4 is 4.72 Å². The Labute approximate surface area is 115 Å². The number of alkyl halides is 2. The van der Waals surface area contributed by atoms with E-state index >= 15 is 0 Å². The summed E-state index contributed by atoms with van der Waals surface area (Å²) in [4.78, 5) is 10.7. The second-order valence-corrected chi connectivity index (χ2v) is 6.26. The van der Waals surface area contributed by atoms with Crippen LogP contribution in [0, 0.1) is 5.92 Å². The van der Waals surface area contributed by atoms with Gasteiger partial charge in [0.05, 0.1) is 4.90 Å². The Morgan fingerprint density at radius 2 is 1.70 bits per heavy atom. The first-order valence-corrected chi connectivity index (χ1v) is 7.26. The molecule has 0 aliphatic carbocycles. The quantitative estimate of drug-likeness (QED) is 0.842. The molecule has 8 heteroatoms. The topological polar surface area (TPSA) is 83.5 Å². The van der Waals surface area contributed by atoms with E-state index in [2.05, 4.69) is 0 Å². The summed E-state index contributed by atoms with van der Waals surface area (Å²) in [6, 6.07) is 2.73. The zero-order chi connectivity index (χ0) is 15.5. The van der Waals surface area contributed by atoms with Crippen molar-refractivity contribution in [2.75, 3.05) is 0 Å². The lowest BCUT2D eigenvalue weighted by Crippen LogP contribution is -2.44. The van der Waals surface area contributed by atoms with E-state index in [1.165, 1.54) is 0 Å².